The van der Waals surface area contributed by atoms with Gasteiger partial charge >= 0.3 is 15.6 Å². The number of β-amino-alcohol motifs (C(OH)–C–C–N with tert-alkyl or cyclic N) is 1. The molecule has 0 bridgehead atoms. The summed E-state index contributed by atoms with van der Waals surface area (Å²) in [6.07, 6.45) is 1.49. The summed E-state index contributed by atoms with van der Waals surface area (Å²) in [7, 11) is -9.43. The van der Waals surface area contributed by atoms with Crippen LogP contribution in [0.15, 0.2) is 0 Å². The van der Waals surface area contributed by atoms with Crippen LogP contribution in [0.25, 0.3) is 0 Å². The first-order chi connectivity index (χ1) is 17.3. The lowest BCUT2D eigenvalue weighted by atomic mass is 10.1. The lowest BCUT2D eigenvalue weighted by Gasteiger charge is -2.25. The number of amides is 2. The van der Waals surface area contributed by atoms with Crippen LogP contribution in [0.5, 0.6) is 0 Å². The second kappa shape index (κ2) is 15.3. The van der Waals surface area contributed by atoms with Crippen LogP contribution in [-0.4, -0.2) is 104 Å². The van der Waals surface area contributed by atoms with Crippen LogP contribution >= 0.6 is 28.3 Å². The highest BCUT2D eigenvalue weighted by Crippen LogP contribution is 2.47. The zero-order chi connectivity index (χ0) is 27.6. The molecule has 2 aliphatic rings. The number of carbonyl (C=O) groups excluding carboxylic acids is 2. The topological polar surface area (TPSA) is 209 Å². The number of phosphoric ester groups is 2. The van der Waals surface area contributed by atoms with Gasteiger partial charge in [-0.3, -0.25) is 23.2 Å². The Morgan fingerprint density at radius 2 is 1.49 bits per heavy atom. The zero-order valence-corrected chi connectivity index (χ0v) is 23.4. The molecule has 0 aromatic rings. The van der Waals surface area contributed by atoms with Crippen molar-refractivity contribution in [2.45, 2.75) is 75.7 Å². The van der Waals surface area contributed by atoms with Crippen molar-refractivity contribution in [3.63, 3.8) is 0 Å². The SMILES string of the molecule is NCCCCCC(=O)N1C[C@H](OP(=O)(O)OC[C@@H]2C[C@@H](O)CN2C(=O)CCCS)C[C@H]1COP(=O)(O)O. The van der Waals surface area contributed by atoms with E-state index in [-0.39, 0.29) is 57.2 Å². The number of rotatable bonds is 16. The van der Waals surface area contributed by atoms with Crippen molar-refractivity contribution in [1.82, 2.24) is 9.80 Å². The Balaban J connectivity index is 1.96. The Labute approximate surface area is 222 Å². The fourth-order valence-corrected chi connectivity index (χ4v) is 5.94. The molecule has 14 nitrogen and oxygen atoms in total. The molecule has 0 aliphatic carbocycles. The largest absolute Gasteiger partial charge is 0.472 e. The fourth-order valence-electron chi connectivity index (χ4n) is 4.47. The third-order valence-corrected chi connectivity index (χ3v) is 8.04. The maximum absolute atomic E-state index is 12.7. The number of unbranched alkanes of at least 4 members (excludes halogenated alkanes) is 2. The molecule has 2 amide bonds. The first-order valence-electron chi connectivity index (χ1n) is 12.3. The standard InChI is InChI=1S/C20H39N3O11P2S/c21-7-3-1-2-5-19(25)23-12-18(10-16(23)13-32-35(27,28)29)34-36(30,31)33-14-15-9-17(24)11-22(15)20(26)6-4-8-37/h15-18,24,37H,1-14,21H2,(H,30,31)(H2,27,28,29)/t15-,16-,17+,18+/m0/s1. The molecule has 0 aromatic heterocycles. The van der Waals surface area contributed by atoms with Crippen molar-refractivity contribution >= 4 is 40.1 Å². The summed E-state index contributed by atoms with van der Waals surface area (Å²) in [4.78, 5) is 56.3. The predicted octanol–water partition coefficient (Wildman–Crippen LogP) is 0.390. The molecule has 0 aromatic carbocycles. The maximum Gasteiger partial charge on any atom is 0.472 e. The van der Waals surface area contributed by atoms with E-state index in [9.17, 15) is 28.7 Å². The number of phosphoric acid groups is 2. The van der Waals surface area contributed by atoms with Crippen molar-refractivity contribution in [3.05, 3.63) is 0 Å². The van der Waals surface area contributed by atoms with E-state index in [1.54, 1.807) is 0 Å². The molecule has 2 saturated heterocycles. The van der Waals surface area contributed by atoms with Gasteiger partial charge < -0.3 is 35.3 Å². The molecule has 5 atom stereocenters. The second-order valence-electron chi connectivity index (χ2n) is 9.23. The molecule has 0 spiro atoms. The molecule has 37 heavy (non-hydrogen) atoms. The van der Waals surface area contributed by atoms with Crippen molar-refractivity contribution in [1.29, 1.82) is 0 Å². The molecule has 2 aliphatic heterocycles. The van der Waals surface area contributed by atoms with Crippen molar-refractivity contribution in [2.75, 3.05) is 38.6 Å². The van der Waals surface area contributed by atoms with E-state index < -0.39 is 46.5 Å². The number of nitrogens with zero attached hydrogens (tertiary/aromatic N) is 2. The Kier molecular flexibility index (Phi) is 13.5. The summed E-state index contributed by atoms with van der Waals surface area (Å²) < 4.78 is 38.8. The van der Waals surface area contributed by atoms with Gasteiger partial charge in [-0.2, -0.15) is 12.6 Å². The molecule has 0 saturated carbocycles. The molecular formula is C20H39N3O11P2S. The molecule has 17 heteroatoms. The third kappa shape index (κ3) is 11.6. The van der Waals surface area contributed by atoms with E-state index in [1.165, 1.54) is 9.80 Å². The highest BCUT2D eigenvalue weighted by molar-refractivity contribution is 7.80. The van der Waals surface area contributed by atoms with Crippen LogP contribution in [0.3, 0.4) is 0 Å². The Hall–Kier alpha value is -0.570. The number of hydrogen-bond acceptors (Lipinski definition) is 10. The number of nitrogens with two attached hydrogens (primary N) is 1. The van der Waals surface area contributed by atoms with Gasteiger partial charge in [-0.25, -0.2) is 9.13 Å². The Morgan fingerprint density at radius 3 is 2.11 bits per heavy atom. The van der Waals surface area contributed by atoms with E-state index in [4.69, 9.17) is 24.6 Å². The van der Waals surface area contributed by atoms with E-state index in [1.807, 2.05) is 0 Å². The molecule has 2 fully saturated rings. The van der Waals surface area contributed by atoms with E-state index in [0.29, 0.717) is 25.1 Å². The molecule has 2 heterocycles. The van der Waals surface area contributed by atoms with Gasteiger partial charge in [0, 0.05) is 25.9 Å². The minimum Gasteiger partial charge on any atom is -0.391 e. The average molecular weight is 592 g/mol. The van der Waals surface area contributed by atoms with E-state index in [2.05, 4.69) is 17.2 Å². The first kappa shape index (κ1) is 32.6. The molecular weight excluding hydrogens is 552 g/mol. The summed E-state index contributed by atoms with van der Waals surface area (Å²) in [5.74, 6) is 0.0151. The third-order valence-electron chi connectivity index (χ3n) is 6.20. The number of hydrogen-bond donors (Lipinski definition) is 6. The van der Waals surface area contributed by atoms with Crippen LogP contribution < -0.4 is 5.73 Å². The molecule has 1 unspecified atom stereocenters. The van der Waals surface area contributed by atoms with Crippen LogP contribution in [0.2, 0.25) is 0 Å². The number of carbonyl (C=O) groups is 2. The molecule has 2 rings (SSSR count). The summed E-state index contributed by atoms with van der Waals surface area (Å²) >= 11 is 4.08. The number of likely N-dealkylation sites (tertiary alicyclic amines) is 2. The van der Waals surface area contributed by atoms with Gasteiger partial charge in [0.2, 0.25) is 11.8 Å². The lowest BCUT2D eigenvalue weighted by Crippen LogP contribution is -2.38. The molecule has 0 radical (unpaired) electrons. The quantitative estimate of drug-likeness (QED) is 0.0818. The molecule has 216 valence electrons. The number of aliphatic hydroxyl groups excluding tert-OH is 1. The smallest absolute Gasteiger partial charge is 0.391 e. The minimum atomic E-state index is -4.79. The van der Waals surface area contributed by atoms with Gasteiger partial charge in [0.25, 0.3) is 0 Å². The zero-order valence-electron chi connectivity index (χ0n) is 20.7. The normalized spacial score (nSPS) is 26.0. The summed E-state index contributed by atoms with van der Waals surface area (Å²) in [6.45, 7) is -0.297. The van der Waals surface area contributed by atoms with Gasteiger partial charge in [0.1, 0.15) is 0 Å². The highest BCUT2D eigenvalue weighted by atomic mass is 32.1. The lowest BCUT2D eigenvalue weighted by molar-refractivity contribution is -0.133. The van der Waals surface area contributed by atoms with Gasteiger partial charge in [-0.1, -0.05) is 6.42 Å². The van der Waals surface area contributed by atoms with Crippen LogP contribution in [0, 0.1) is 0 Å². The van der Waals surface area contributed by atoms with Crippen LogP contribution in [0.1, 0.15) is 51.4 Å². The van der Waals surface area contributed by atoms with Crippen molar-refractivity contribution < 1.29 is 52.1 Å². The van der Waals surface area contributed by atoms with Crippen LogP contribution in [0.4, 0.5) is 0 Å². The maximum atomic E-state index is 12.7. The second-order valence-corrected chi connectivity index (χ2v) is 12.3. The Morgan fingerprint density at radius 1 is 0.892 bits per heavy atom. The van der Waals surface area contributed by atoms with Gasteiger partial charge in [-0.15, -0.1) is 0 Å². The predicted molar refractivity (Wildman–Crippen MR) is 135 cm³/mol. The fraction of sp³-hybridized carbons (Fsp3) is 0.900. The molecule has 6 N–H and O–H groups in total. The van der Waals surface area contributed by atoms with Gasteiger partial charge in [-0.05, 0) is 44.4 Å². The minimum absolute atomic E-state index is 0.00106. The Bertz CT molecular complexity index is 848. The summed E-state index contributed by atoms with van der Waals surface area (Å²) in [5.41, 5.74) is 5.46. The summed E-state index contributed by atoms with van der Waals surface area (Å²) in [5, 5.41) is 9.97. The van der Waals surface area contributed by atoms with E-state index in [0.717, 1.165) is 12.8 Å². The first-order valence-corrected chi connectivity index (χ1v) is 15.9. The average Bonchev–Trinajstić information content (AvgIpc) is 3.39. The number of aliphatic hydroxyl groups is 1. The summed E-state index contributed by atoms with van der Waals surface area (Å²) in [6, 6.07) is -1.38. The number of thiol groups is 1. The van der Waals surface area contributed by atoms with Gasteiger partial charge in [0.05, 0.1) is 37.5 Å². The van der Waals surface area contributed by atoms with Crippen molar-refractivity contribution in [3.8, 4) is 0 Å². The van der Waals surface area contributed by atoms with Crippen molar-refractivity contribution in [2.24, 2.45) is 5.73 Å². The van der Waals surface area contributed by atoms with Crippen LogP contribution in [-0.2, 0) is 32.3 Å². The monoisotopic (exact) mass is 591 g/mol. The highest BCUT2D eigenvalue weighted by Gasteiger charge is 2.41. The van der Waals surface area contributed by atoms with E-state index >= 15 is 0 Å². The van der Waals surface area contributed by atoms with Gasteiger partial charge in [0.15, 0.2) is 0 Å².